The molecule has 2 nitrogen and oxygen atoms in total. The minimum absolute atomic E-state index is 0.560. The lowest BCUT2D eigenvalue weighted by atomic mass is 9.93. The predicted octanol–water partition coefficient (Wildman–Crippen LogP) is 3.28. The van der Waals surface area contributed by atoms with Crippen molar-refractivity contribution in [3.05, 3.63) is 0 Å². The van der Waals surface area contributed by atoms with Crippen LogP contribution < -0.4 is 5.32 Å². The van der Waals surface area contributed by atoms with E-state index < -0.39 is 0 Å². The third-order valence-corrected chi connectivity index (χ3v) is 3.96. The molecule has 1 aliphatic heterocycles. The van der Waals surface area contributed by atoms with Crippen LogP contribution in [0, 0.1) is 5.41 Å². The second-order valence-electron chi connectivity index (χ2n) is 6.39. The summed E-state index contributed by atoms with van der Waals surface area (Å²) in [5, 5.41) is 3.64. The molecule has 0 aliphatic carbocycles. The first-order valence-electron chi connectivity index (χ1n) is 7.53. The standard InChI is InChI=1S/C15H32N2/c1-5-10-16-14(6-2)8-7-11-17-12-9-15(3,4)13-17/h14,16H,5-13H2,1-4H3. The van der Waals surface area contributed by atoms with E-state index in [0.29, 0.717) is 5.41 Å². The maximum atomic E-state index is 3.64. The third kappa shape index (κ3) is 5.87. The Labute approximate surface area is 108 Å². The van der Waals surface area contributed by atoms with Crippen LogP contribution in [0.1, 0.15) is 59.8 Å². The van der Waals surface area contributed by atoms with Crippen LogP contribution in [0.25, 0.3) is 0 Å². The van der Waals surface area contributed by atoms with Gasteiger partial charge in [0.05, 0.1) is 0 Å². The Hall–Kier alpha value is -0.0800. The number of rotatable bonds is 8. The summed E-state index contributed by atoms with van der Waals surface area (Å²) in [4.78, 5) is 2.65. The average molecular weight is 240 g/mol. The fourth-order valence-electron chi connectivity index (χ4n) is 2.78. The summed E-state index contributed by atoms with van der Waals surface area (Å²) < 4.78 is 0. The van der Waals surface area contributed by atoms with Gasteiger partial charge in [0.1, 0.15) is 0 Å². The molecule has 0 saturated carbocycles. The SMILES string of the molecule is CCCNC(CC)CCCN1CCC(C)(C)C1. The summed E-state index contributed by atoms with van der Waals surface area (Å²) >= 11 is 0. The number of nitrogens with zero attached hydrogens (tertiary/aromatic N) is 1. The van der Waals surface area contributed by atoms with Crippen LogP contribution in [0.15, 0.2) is 0 Å². The highest BCUT2D eigenvalue weighted by Crippen LogP contribution is 2.28. The van der Waals surface area contributed by atoms with Gasteiger partial charge >= 0.3 is 0 Å². The van der Waals surface area contributed by atoms with E-state index in [-0.39, 0.29) is 0 Å². The molecular formula is C15H32N2. The number of hydrogen-bond donors (Lipinski definition) is 1. The molecule has 0 bridgehead atoms. The van der Waals surface area contributed by atoms with Gasteiger partial charge in [0.25, 0.3) is 0 Å². The first-order chi connectivity index (χ1) is 8.07. The summed E-state index contributed by atoms with van der Waals surface area (Å²) in [6.45, 7) is 14.4. The molecule has 0 aromatic rings. The highest BCUT2D eigenvalue weighted by atomic mass is 15.1. The molecule has 17 heavy (non-hydrogen) atoms. The fourth-order valence-corrected chi connectivity index (χ4v) is 2.78. The maximum absolute atomic E-state index is 3.64. The van der Waals surface area contributed by atoms with Gasteiger partial charge in [-0.15, -0.1) is 0 Å². The highest BCUT2D eigenvalue weighted by molar-refractivity contribution is 4.82. The van der Waals surface area contributed by atoms with Crippen molar-refractivity contribution in [1.82, 2.24) is 10.2 Å². The van der Waals surface area contributed by atoms with Gasteiger partial charge in [0, 0.05) is 12.6 Å². The van der Waals surface area contributed by atoms with Gasteiger partial charge in [-0.05, 0) is 57.2 Å². The zero-order valence-corrected chi connectivity index (χ0v) is 12.4. The van der Waals surface area contributed by atoms with E-state index in [2.05, 4.69) is 37.9 Å². The van der Waals surface area contributed by atoms with Crippen LogP contribution in [-0.4, -0.2) is 37.1 Å². The summed E-state index contributed by atoms with van der Waals surface area (Å²) in [7, 11) is 0. The molecule has 1 rings (SSSR count). The van der Waals surface area contributed by atoms with E-state index >= 15 is 0 Å². The lowest BCUT2D eigenvalue weighted by Gasteiger charge is -2.21. The van der Waals surface area contributed by atoms with Gasteiger partial charge in [0.15, 0.2) is 0 Å². The summed E-state index contributed by atoms with van der Waals surface area (Å²) in [6.07, 6.45) is 6.58. The van der Waals surface area contributed by atoms with Crippen molar-refractivity contribution in [2.24, 2.45) is 5.41 Å². The number of nitrogens with one attached hydrogen (secondary N) is 1. The molecule has 1 N–H and O–H groups in total. The van der Waals surface area contributed by atoms with Gasteiger partial charge in [0.2, 0.25) is 0 Å². The smallest absolute Gasteiger partial charge is 0.00649 e. The summed E-state index contributed by atoms with van der Waals surface area (Å²) in [5.74, 6) is 0. The van der Waals surface area contributed by atoms with Crippen molar-refractivity contribution < 1.29 is 0 Å². The molecule has 0 aromatic carbocycles. The van der Waals surface area contributed by atoms with Crippen LogP contribution in [0.3, 0.4) is 0 Å². The Bertz CT molecular complexity index is 201. The topological polar surface area (TPSA) is 15.3 Å². The van der Waals surface area contributed by atoms with E-state index in [9.17, 15) is 0 Å². The van der Waals surface area contributed by atoms with Gasteiger partial charge in [-0.25, -0.2) is 0 Å². The van der Waals surface area contributed by atoms with Crippen LogP contribution in [0.5, 0.6) is 0 Å². The van der Waals surface area contributed by atoms with Crippen molar-refractivity contribution in [1.29, 1.82) is 0 Å². The van der Waals surface area contributed by atoms with Crippen molar-refractivity contribution in [3.8, 4) is 0 Å². The highest BCUT2D eigenvalue weighted by Gasteiger charge is 2.28. The first kappa shape index (κ1) is 15.0. The number of likely N-dealkylation sites (tertiary alicyclic amines) is 1. The molecule has 1 aliphatic rings. The Morgan fingerprint density at radius 3 is 2.59 bits per heavy atom. The molecule has 1 saturated heterocycles. The quantitative estimate of drug-likeness (QED) is 0.700. The molecule has 0 radical (unpaired) electrons. The van der Waals surface area contributed by atoms with E-state index in [1.807, 2.05) is 0 Å². The van der Waals surface area contributed by atoms with Crippen LogP contribution in [-0.2, 0) is 0 Å². The molecule has 0 aromatic heterocycles. The lowest BCUT2D eigenvalue weighted by molar-refractivity contribution is 0.279. The predicted molar refractivity (Wildman–Crippen MR) is 76.4 cm³/mol. The van der Waals surface area contributed by atoms with E-state index in [1.165, 1.54) is 58.3 Å². The third-order valence-electron chi connectivity index (χ3n) is 3.96. The van der Waals surface area contributed by atoms with Crippen LogP contribution >= 0.6 is 0 Å². The van der Waals surface area contributed by atoms with Gasteiger partial charge in [-0.2, -0.15) is 0 Å². The summed E-state index contributed by atoms with van der Waals surface area (Å²) in [6, 6.07) is 0.741. The van der Waals surface area contributed by atoms with Gasteiger partial charge in [-0.1, -0.05) is 27.7 Å². The lowest BCUT2D eigenvalue weighted by Crippen LogP contribution is -2.31. The van der Waals surface area contributed by atoms with E-state index in [1.54, 1.807) is 0 Å². The Morgan fingerprint density at radius 2 is 2.06 bits per heavy atom. The van der Waals surface area contributed by atoms with Crippen molar-refractivity contribution in [3.63, 3.8) is 0 Å². The maximum Gasteiger partial charge on any atom is 0.00649 e. The summed E-state index contributed by atoms with van der Waals surface area (Å²) in [5.41, 5.74) is 0.560. The second kappa shape index (κ2) is 7.38. The minimum atomic E-state index is 0.560. The number of hydrogen-bond acceptors (Lipinski definition) is 2. The Morgan fingerprint density at radius 1 is 1.29 bits per heavy atom. The van der Waals surface area contributed by atoms with Gasteiger partial charge < -0.3 is 10.2 Å². The van der Waals surface area contributed by atoms with Crippen molar-refractivity contribution >= 4 is 0 Å². The van der Waals surface area contributed by atoms with Crippen LogP contribution in [0.2, 0.25) is 0 Å². The zero-order valence-electron chi connectivity index (χ0n) is 12.4. The molecule has 0 amide bonds. The van der Waals surface area contributed by atoms with Crippen molar-refractivity contribution in [2.45, 2.75) is 65.8 Å². The minimum Gasteiger partial charge on any atom is -0.314 e. The second-order valence-corrected chi connectivity index (χ2v) is 6.39. The van der Waals surface area contributed by atoms with Gasteiger partial charge in [-0.3, -0.25) is 0 Å². The normalized spacial score (nSPS) is 21.9. The first-order valence-corrected chi connectivity index (χ1v) is 7.53. The average Bonchev–Trinajstić information content (AvgIpc) is 2.63. The molecule has 1 heterocycles. The molecule has 2 heteroatoms. The van der Waals surface area contributed by atoms with Crippen LogP contribution in [0.4, 0.5) is 0 Å². The van der Waals surface area contributed by atoms with E-state index in [0.717, 1.165) is 6.04 Å². The molecule has 1 fully saturated rings. The molecule has 102 valence electrons. The monoisotopic (exact) mass is 240 g/mol. The fraction of sp³-hybridized carbons (Fsp3) is 1.00. The molecular weight excluding hydrogens is 208 g/mol. The molecule has 1 unspecified atom stereocenters. The van der Waals surface area contributed by atoms with Crippen molar-refractivity contribution in [2.75, 3.05) is 26.2 Å². The van der Waals surface area contributed by atoms with E-state index in [4.69, 9.17) is 0 Å². The Balaban J connectivity index is 2.10. The Kier molecular flexibility index (Phi) is 6.50. The zero-order chi connectivity index (χ0) is 12.7. The molecule has 0 spiro atoms. The molecule has 1 atom stereocenters. The largest absolute Gasteiger partial charge is 0.314 e.